The highest BCUT2D eigenvalue weighted by atomic mass is 79.9. The predicted molar refractivity (Wildman–Crippen MR) is 139 cm³/mol. The van der Waals surface area contributed by atoms with E-state index in [0.29, 0.717) is 24.9 Å². The number of carbonyl (C=O) groups excluding carboxylic acids is 1. The highest BCUT2D eigenvalue weighted by molar-refractivity contribution is 9.10. The third-order valence-electron chi connectivity index (χ3n) is 5.81. The lowest BCUT2D eigenvalue weighted by Gasteiger charge is -2.34. The molecule has 1 aliphatic rings. The van der Waals surface area contributed by atoms with Crippen LogP contribution in [0.1, 0.15) is 19.4 Å². The van der Waals surface area contributed by atoms with E-state index in [1.54, 1.807) is 23.0 Å². The first-order valence-electron chi connectivity index (χ1n) is 11.4. The summed E-state index contributed by atoms with van der Waals surface area (Å²) in [6, 6.07) is 15.2. The maximum atomic E-state index is 13.0. The van der Waals surface area contributed by atoms with Crippen molar-refractivity contribution in [3.05, 3.63) is 64.8 Å². The number of anilines is 4. The minimum Gasteiger partial charge on any atom is -0.492 e. The molecule has 2 aromatic carbocycles. The lowest BCUT2D eigenvalue weighted by atomic mass is 10.2. The van der Waals surface area contributed by atoms with Crippen LogP contribution < -0.4 is 19.9 Å². The fraction of sp³-hybridized carbons (Fsp3) is 0.320. The molecular formula is C25H29BrN6O2. The highest BCUT2D eigenvalue weighted by Crippen LogP contribution is 2.31. The van der Waals surface area contributed by atoms with E-state index in [9.17, 15) is 4.79 Å². The Morgan fingerprint density at radius 2 is 1.91 bits per heavy atom. The van der Waals surface area contributed by atoms with Crippen molar-refractivity contribution in [2.45, 2.75) is 20.4 Å². The van der Waals surface area contributed by atoms with Gasteiger partial charge >= 0.3 is 6.03 Å². The minimum absolute atomic E-state index is 0.138. The number of amides is 2. The number of aromatic nitrogens is 2. The molecule has 8 nitrogen and oxygen atoms in total. The second kappa shape index (κ2) is 10.8. The van der Waals surface area contributed by atoms with Gasteiger partial charge < -0.3 is 15.0 Å². The number of likely N-dealkylation sites (N-methyl/N-ethyl adjacent to an activating group) is 1. The van der Waals surface area contributed by atoms with Gasteiger partial charge in [-0.3, -0.25) is 9.80 Å². The van der Waals surface area contributed by atoms with E-state index >= 15 is 0 Å². The molecule has 0 radical (unpaired) electrons. The Hall–Kier alpha value is -3.17. The summed E-state index contributed by atoms with van der Waals surface area (Å²) in [6.45, 7) is 8.31. The van der Waals surface area contributed by atoms with E-state index in [4.69, 9.17) is 4.74 Å². The van der Waals surface area contributed by atoms with Crippen LogP contribution >= 0.6 is 15.9 Å². The lowest BCUT2D eigenvalue weighted by Crippen LogP contribution is -2.46. The van der Waals surface area contributed by atoms with E-state index in [1.165, 1.54) is 0 Å². The molecular weight excluding hydrogens is 496 g/mol. The lowest BCUT2D eigenvalue weighted by molar-refractivity contribution is 0.223. The first-order chi connectivity index (χ1) is 16.5. The molecule has 0 atom stereocenters. The summed E-state index contributed by atoms with van der Waals surface area (Å²) in [5, 5.41) is 3.22. The first-order valence-corrected chi connectivity index (χ1v) is 12.2. The molecule has 178 valence electrons. The smallest absolute Gasteiger partial charge is 0.330 e. The molecule has 34 heavy (non-hydrogen) atoms. The van der Waals surface area contributed by atoms with Crippen molar-refractivity contribution in [1.82, 2.24) is 14.9 Å². The van der Waals surface area contributed by atoms with Crippen molar-refractivity contribution >= 4 is 45.1 Å². The number of carbonyl (C=O) groups is 1. The van der Waals surface area contributed by atoms with Crippen molar-refractivity contribution in [1.29, 1.82) is 0 Å². The second-order valence-electron chi connectivity index (χ2n) is 7.97. The molecule has 1 aliphatic heterocycles. The van der Waals surface area contributed by atoms with Crippen LogP contribution in [0.25, 0.3) is 0 Å². The number of rotatable bonds is 9. The minimum atomic E-state index is -0.138. The standard InChI is InChI=1S/C25H29BrN6O2/c1-4-31(5-2)13-14-34-22-11-9-20(10-12-22)28-24-27-16-18-17-32(21-8-6-7-19(26)15-21)25(33)30(3)23(18)29-24/h6-12,15-16H,4-5,13-14,17H2,1-3H3,(H,27,28,29). The number of halogens is 1. The molecule has 0 saturated carbocycles. The topological polar surface area (TPSA) is 73.8 Å². The summed E-state index contributed by atoms with van der Waals surface area (Å²) in [4.78, 5) is 27.7. The molecule has 9 heteroatoms. The third-order valence-corrected chi connectivity index (χ3v) is 6.30. The van der Waals surface area contributed by atoms with Crippen molar-refractivity contribution in [2.24, 2.45) is 0 Å². The Bertz CT molecular complexity index is 1140. The number of benzene rings is 2. The number of hydrogen-bond acceptors (Lipinski definition) is 6. The number of urea groups is 1. The molecule has 0 fully saturated rings. The number of hydrogen-bond donors (Lipinski definition) is 1. The Morgan fingerprint density at radius 3 is 2.62 bits per heavy atom. The highest BCUT2D eigenvalue weighted by Gasteiger charge is 2.30. The van der Waals surface area contributed by atoms with Gasteiger partial charge in [0, 0.05) is 41.2 Å². The number of nitrogens with zero attached hydrogens (tertiary/aromatic N) is 5. The normalized spacial score (nSPS) is 13.3. The van der Waals surface area contributed by atoms with Crippen molar-refractivity contribution in [3.8, 4) is 5.75 Å². The molecule has 0 bridgehead atoms. The Kier molecular flexibility index (Phi) is 7.64. The van der Waals surface area contributed by atoms with Crippen molar-refractivity contribution in [2.75, 3.05) is 48.4 Å². The predicted octanol–water partition coefficient (Wildman–Crippen LogP) is 5.28. The van der Waals surface area contributed by atoms with Crippen LogP contribution in [0.15, 0.2) is 59.2 Å². The van der Waals surface area contributed by atoms with Crippen molar-refractivity contribution in [3.63, 3.8) is 0 Å². The van der Waals surface area contributed by atoms with Gasteiger partial charge in [-0.2, -0.15) is 4.98 Å². The maximum absolute atomic E-state index is 13.0. The largest absolute Gasteiger partial charge is 0.492 e. The van der Waals surface area contributed by atoms with Gasteiger partial charge in [0.1, 0.15) is 18.2 Å². The number of ether oxygens (including phenoxy) is 1. The molecule has 2 amide bonds. The van der Waals surface area contributed by atoms with Crippen LogP contribution in [0.4, 0.5) is 27.9 Å². The average Bonchev–Trinajstić information content (AvgIpc) is 2.85. The summed E-state index contributed by atoms with van der Waals surface area (Å²) in [5.74, 6) is 1.86. The Balaban J connectivity index is 1.42. The van der Waals surface area contributed by atoms with E-state index < -0.39 is 0 Å². The monoisotopic (exact) mass is 524 g/mol. The van der Waals surface area contributed by atoms with Gasteiger partial charge in [0.25, 0.3) is 0 Å². The van der Waals surface area contributed by atoms with Crippen LogP contribution in [-0.2, 0) is 6.54 Å². The third kappa shape index (κ3) is 5.48. The Morgan fingerprint density at radius 1 is 1.15 bits per heavy atom. The first kappa shape index (κ1) is 24.0. The summed E-state index contributed by atoms with van der Waals surface area (Å²) >= 11 is 3.47. The Labute approximate surface area is 208 Å². The molecule has 1 N–H and O–H groups in total. The fourth-order valence-corrected chi connectivity index (χ4v) is 4.20. The fourth-order valence-electron chi connectivity index (χ4n) is 3.81. The van der Waals surface area contributed by atoms with Crippen molar-refractivity contribution < 1.29 is 9.53 Å². The zero-order chi connectivity index (χ0) is 24.1. The molecule has 0 spiro atoms. The maximum Gasteiger partial charge on any atom is 0.330 e. The van der Waals surface area contributed by atoms with Gasteiger partial charge in [-0.05, 0) is 55.6 Å². The number of fused-ring (bicyclic) bond motifs is 1. The summed E-state index contributed by atoms with van der Waals surface area (Å²) in [5.41, 5.74) is 2.54. The van der Waals surface area contributed by atoms with Gasteiger partial charge in [-0.15, -0.1) is 0 Å². The van der Waals surface area contributed by atoms with Gasteiger partial charge in [-0.1, -0.05) is 35.8 Å². The van der Waals surface area contributed by atoms with Crippen LogP contribution in [0.5, 0.6) is 5.75 Å². The molecule has 0 unspecified atom stereocenters. The summed E-state index contributed by atoms with van der Waals surface area (Å²) in [6.07, 6.45) is 1.77. The second-order valence-corrected chi connectivity index (χ2v) is 8.89. The quantitative estimate of drug-likeness (QED) is 0.410. The summed E-state index contributed by atoms with van der Waals surface area (Å²) < 4.78 is 6.77. The van der Waals surface area contributed by atoms with E-state index in [2.05, 4.69) is 50.0 Å². The molecule has 3 aromatic rings. The van der Waals surface area contributed by atoms with Crippen LogP contribution in [0.2, 0.25) is 0 Å². The van der Waals surface area contributed by atoms with Gasteiger partial charge in [0.2, 0.25) is 5.95 Å². The zero-order valence-corrected chi connectivity index (χ0v) is 21.2. The summed E-state index contributed by atoms with van der Waals surface area (Å²) in [7, 11) is 1.73. The van der Waals surface area contributed by atoms with Gasteiger partial charge in [-0.25, -0.2) is 9.78 Å². The van der Waals surface area contributed by atoms with Crippen LogP contribution in [-0.4, -0.2) is 54.2 Å². The zero-order valence-electron chi connectivity index (χ0n) is 19.7. The van der Waals surface area contributed by atoms with E-state index in [1.807, 2.05) is 48.5 Å². The SMILES string of the molecule is CCN(CC)CCOc1ccc(Nc2ncc3c(n2)N(C)C(=O)N(c2cccc(Br)c2)C3)cc1. The van der Waals surface area contributed by atoms with E-state index in [0.717, 1.165) is 46.8 Å². The van der Waals surface area contributed by atoms with Crippen LogP contribution in [0, 0.1) is 0 Å². The number of nitrogens with one attached hydrogen (secondary N) is 1. The van der Waals surface area contributed by atoms with Gasteiger partial charge in [0.05, 0.1) is 6.54 Å². The van der Waals surface area contributed by atoms with Gasteiger partial charge in [0.15, 0.2) is 0 Å². The molecule has 1 aromatic heterocycles. The molecule has 0 aliphatic carbocycles. The van der Waals surface area contributed by atoms with Crippen LogP contribution in [0.3, 0.4) is 0 Å². The molecule has 4 rings (SSSR count). The van der Waals surface area contributed by atoms with E-state index in [-0.39, 0.29) is 6.03 Å². The average molecular weight is 525 g/mol. The molecule has 2 heterocycles. The molecule has 0 saturated heterocycles.